The van der Waals surface area contributed by atoms with Crippen LogP contribution in [0.25, 0.3) is 0 Å². The number of carbonyl (C=O) groups excluding carboxylic acids is 1. The number of nitriles is 1. The number of nitrogens with one attached hydrogen (secondary N) is 1. The van der Waals surface area contributed by atoms with Crippen LogP contribution < -0.4 is 5.32 Å². The Bertz CT molecular complexity index is 793. The largest absolute Gasteiger partial charge is 0.316 e. The molecule has 0 radical (unpaired) electrons. The van der Waals surface area contributed by atoms with Crippen molar-refractivity contribution in [2.24, 2.45) is 5.92 Å². The second kappa shape index (κ2) is 7.37. The van der Waals surface area contributed by atoms with Gasteiger partial charge in [-0.05, 0) is 55.0 Å². The molecule has 1 aliphatic rings. The number of thiophene rings is 1. The number of fused-ring (bicyclic) bond motifs is 1. The third kappa shape index (κ3) is 3.80. The van der Waals surface area contributed by atoms with Gasteiger partial charge in [0.05, 0.1) is 11.3 Å². The molecule has 1 atom stereocenters. The van der Waals surface area contributed by atoms with Crippen LogP contribution in [-0.2, 0) is 17.6 Å². The Hall–Kier alpha value is -1.84. The number of anilines is 1. The molecule has 1 heterocycles. The van der Waals surface area contributed by atoms with Crippen LogP contribution in [0.1, 0.15) is 29.3 Å². The topological polar surface area (TPSA) is 52.9 Å². The summed E-state index contributed by atoms with van der Waals surface area (Å²) >= 11 is 2.88. The molecule has 0 fully saturated rings. The molecule has 1 aromatic carbocycles. The summed E-state index contributed by atoms with van der Waals surface area (Å²) < 4.78 is 12.9. The summed E-state index contributed by atoms with van der Waals surface area (Å²) in [5.41, 5.74) is 1.74. The van der Waals surface area contributed by atoms with E-state index in [0.717, 1.165) is 29.7 Å². The fourth-order valence-corrected chi connectivity index (χ4v) is 4.88. The molecule has 0 saturated heterocycles. The van der Waals surface area contributed by atoms with E-state index in [9.17, 15) is 14.4 Å². The Morgan fingerprint density at radius 3 is 2.92 bits per heavy atom. The van der Waals surface area contributed by atoms with Gasteiger partial charge in [-0.25, -0.2) is 4.39 Å². The van der Waals surface area contributed by atoms with Crippen molar-refractivity contribution in [2.45, 2.75) is 31.1 Å². The zero-order valence-electron chi connectivity index (χ0n) is 13.3. The van der Waals surface area contributed by atoms with Crippen LogP contribution in [0, 0.1) is 23.1 Å². The molecule has 1 amide bonds. The summed E-state index contributed by atoms with van der Waals surface area (Å²) in [5, 5.41) is 13.0. The first-order valence-electron chi connectivity index (χ1n) is 7.79. The number of thioether (sulfide) groups is 1. The molecule has 0 spiro atoms. The normalized spacial score (nSPS) is 16.3. The van der Waals surface area contributed by atoms with E-state index in [0.29, 0.717) is 16.5 Å². The Morgan fingerprint density at radius 1 is 1.46 bits per heavy atom. The van der Waals surface area contributed by atoms with Gasteiger partial charge in [-0.15, -0.1) is 23.1 Å². The highest BCUT2D eigenvalue weighted by Crippen LogP contribution is 2.39. The summed E-state index contributed by atoms with van der Waals surface area (Å²) in [4.78, 5) is 14.3. The van der Waals surface area contributed by atoms with Gasteiger partial charge >= 0.3 is 0 Å². The highest BCUT2D eigenvalue weighted by atomic mass is 32.2. The molecule has 0 saturated carbocycles. The van der Waals surface area contributed by atoms with E-state index in [1.165, 1.54) is 40.1 Å². The van der Waals surface area contributed by atoms with E-state index >= 15 is 0 Å². The fourth-order valence-electron chi connectivity index (χ4n) is 2.80. The Morgan fingerprint density at radius 2 is 2.21 bits per heavy atom. The van der Waals surface area contributed by atoms with Crippen LogP contribution in [0.15, 0.2) is 29.2 Å². The number of benzene rings is 1. The van der Waals surface area contributed by atoms with Crippen molar-refractivity contribution in [1.29, 1.82) is 5.26 Å². The molecule has 1 aromatic heterocycles. The molecular formula is C18H17FN2OS2. The highest BCUT2D eigenvalue weighted by Gasteiger charge is 2.24. The molecule has 0 unspecified atom stereocenters. The molecule has 2 aromatic rings. The molecule has 1 N–H and O–H groups in total. The number of rotatable bonds is 4. The van der Waals surface area contributed by atoms with Crippen LogP contribution >= 0.6 is 23.1 Å². The van der Waals surface area contributed by atoms with E-state index in [1.54, 1.807) is 12.1 Å². The second-order valence-corrected chi connectivity index (χ2v) is 8.11. The summed E-state index contributed by atoms with van der Waals surface area (Å²) in [5.74, 6) is 0.420. The van der Waals surface area contributed by atoms with Gasteiger partial charge in [-0.1, -0.05) is 6.92 Å². The molecule has 6 heteroatoms. The van der Waals surface area contributed by atoms with Gasteiger partial charge in [0.25, 0.3) is 0 Å². The molecule has 124 valence electrons. The maximum Gasteiger partial charge on any atom is 0.235 e. The van der Waals surface area contributed by atoms with E-state index in [1.807, 2.05) is 0 Å². The standard InChI is InChI=1S/C18H17FN2OS2/c1-11-2-7-14-15(9-20)18(24-16(14)8-11)21-17(22)10-23-13-5-3-12(19)4-6-13/h3-6,11H,2,7-8,10H2,1H3,(H,21,22)/t11-/m0/s1. The minimum absolute atomic E-state index is 0.146. The quantitative estimate of drug-likeness (QED) is 0.810. The monoisotopic (exact) mass is 360 g/mol. The van der Waals surface area contributed by atoms with E-state index in [2.05, 4.69) is 18.3 Å². The van der Waals surface area contributed by atoms with Crippen LogP contribution in [-0.4, -0.2) is 11.7 Å². The highest BCUT2D eigenvalue weighted by molar-refractivity contribution is 8.00. The summed E-state index contributed by atoms with van der Waals surface area (Å²) in [6.45, 7) is 2.21. The van der Waals surface area contributed by atoms with Gasteiger partial charge in [0.2, 0.25) is 5.91 Å². The number of amides is 1. The average molecular weight is 360 g/mol. The predicted molar refractivity (Wildman–Crippen MR) is 96.0 cm³/mol. The van der Waals surface area contributed by atoms with Gasteiger partial charge in [-0.2, -0.15) is 5.26 Å². The van der Waals surface area contributed by atoms with Gasteiger partial charge in [0.1, 0.15) is 16.9 Å². The van der Waals surface area contributed by atoms with Gasteiger partial charge in [0.15, 0.2) is 0 Å². The molecule has 1 aliphatic carbocycles. The van der Waals surface area contributed by atoms with Gasteiger partial charge < -0.3 is 5.32 Å². The minimum atomic E-state index is -0.291. The Kier molecular flexibility index (Phi) is 5.22. The van der Waals surface area contributed by atoms with E-state index in [-0.39, 0.29) is 17.5 Å². The first kappa shape index (κ1) is 17.0. The fraction of sp³-hybridized carbons (Fsp3) is 0.333. The average Bonchev–Trinajstić information content (AvgIpc) is 2.90. The summed E-state index contributed by atoms with van der Waals surface area (Å²) in [6, 6.07) is 8.31. The molecule has 24 heavy (non-hydrogen) atoms. The van der Waals surface area contributed by atoms with Crippen molar-refractivity contribution in [2.75, 3.05) is 11.1 Å². The number of nitrogens with zero attached hydrogens (tertiary/aromatic N) is 1. The zero-order valence-corrected chi connectivity index (χ0v) is 14.9. The van der Waals surface area contributed by atoms with E-state index < -0.39 is 0 Å². The van der Waals surface area contributed by atoms with Crippen molar-refractivity contribution in [3.8, 4) is 6.07 Å². The third-order valence-corrected chi connectivity index (χ3v) is 6.24. The van der Waals surface area contributed by atoms with Gasteiger partial charge in [0, 0.05) is 9.77 Å². The SMILES string of the molecule is C[C@H]1CCc2c(sc(NC(=O)CSc3ccc(F)cc3)c2C#N)C1. The van der Waals surface area contributed by atoms with Crippen molar-refractivity contribution in [3.63, 3.8) is 0 Å². The van der Waals surface area contributed by atoms with Crippen molar-refractivity contribution < 1.29 is 9.18 Å². The summed E-state index contributed by atoms with van der Waals surface area (Å²) in [7, 11) is 0. The minimum Gasteiger partial charge on any atom is -0.316 e. The van der Waals surface area contributed by atoms with Crippen LogP contribution in [0.5, 0.6) is 0 Å². The zero-order chi connectivity index (χ0) is 17.1. The maximum atomic E-state index is 12.9. The predicted octanol–water partition coefficient (Wildman–Crippen LogP) is 4.61. The smallest absolute Gasteiger partial charge is 0.235 e. The molecule has 3 rings (SSSR count). The Labute approximate surface area is 148 Å². The lowest BCUT2D eigenvalue weighted by molar-refractivity contribution is -0.113. The lowest BCUT2D eigenvalue weighted by Crippen LogP contribution is -2.14. The molecule has 0 bridgehead atoms. The number of hydrogen-bond acceptors (Lipinski definition) is 4. The second-order valence-electron chi connectivity index (χ2n) is 5.96. The first-order chi connectivity index (χ1) is 11.6. The first-order valence-corrected chi connectivity index (χ1v) is 9.60. The summed E-state index contributed by atoms with van der Waals surface area (Å²) in [6.07, 6.45) is 2.98. The lowest BCUT2D eigenvalue weighted by Gasteiger charge is -2.17. The third-order valence-electron chi connectivity index (χ3n) is 4.06. The van der Waals surface area contributed by atoms with Crippen LogP contribution in [0.2, 0.25) is 0 Å². The Balaban J connectivity index is 1.66. The van der Waals surface area contributed by atoms with Crippen LogP contribution in [0.3, 0.4) is 0 Å². The molecular weight excluding hydrogens is 343 g/mol. The number of carbonyl (C=O) groups is 1. The maximum absolute atomic E-state index is 12.9. The van der Waals surface area contributed by atoms with Crippen molar-refractivity contribution >= 4 is 34.0 Å². The van der Waals surface area contributed by atoms with Crippen molar-refractivity contribution in [3.05, 3.63) is 46.1 Å². The molecule has 0 aliphatic heterocycles. The van der Waals surface area contributed by atoms with Gasteiger partial charge in [-0.3, -0.25) is 4.79 Å². The molecule has 3 nitrogen and oxygen atoms in total. The number of halogens is 1. The number of hydrogen-bond donors (Lipinski definition) is 1. The van der Waals surface area contributed by atoms with Crippen molar-refractivity contribution in [1.82, 2.24) is 0 Å². The lowest BCUT2D eigenvalue weighted by atomic mass is 9.89. The van der Waals surface area contributed by atoms with Crippen LogP contribution in [0.4, 0.5) is 9.39 Å². The van der Waals surface area contributed by atoms with E-state index in [4.69, 9.17) is 0 Å².